The molecule has 96 valence electrons. The molecular formula is C15H13FN2O. The summed E-state index contributed by atoms with van der Waals surface area (Å²) in [6, 6.07) is 13.7. The second-order valence-corrected chi connectivity index (χ2v) is 3.97. The number of rotatable bonds is 4. The van der Waals surface area contributed by atoms with Gasteiger partial charge in [-0.3, -0.25) is 0 Å². The fourth-order valence-electron chi connectivity index (χ4n) is 1.73. The van der Waals surface area contributed by atoms with E-state index >= 15 is 0 Å². The van der Waals surface area contributed by atoms with Gasteiger partial charge in [-0.1, -0.05) is 18.2 Å². The van der Waals surface area contributed by atoms with E-state index in [1.165, 1.54) is 6.07 Å². The summed E-state index contributed by atoms with van der Waals surface area (Å²) in [5.74, 6) is 0.381. The molecule has 0 atom stereocenters. The molecule has 2 aromatic carbocycles. The number of nitrogens with zero attached hydrogens (tertiary/aromatic N) is 1. The van der Waals surface area contributed by atoms with E-state index in [2.05, 4.69) is 11.4 Å². The average Bonchev–Trinajstić information content (AvgIpc) is 2.46. The Hall–Kier alpha value is -2.54. The Kier molecular flexibility index (Phi) is 3.99. The number of nitrogens with one attached hydrogen (secondary N) is 1. The molecular weight excluding hydrogens is 243 g/mol. The lowest BCUT2D eigenvalue weighted by Crippen LogP contribution is -2.03. The van der Waals surface area contributed by atoms with Gasteiger partial charge in [0.25, 0.3) is 0 Å². The monoisotopic (exact) mass is 256 g/mol. The molecule has 0 aliphatic heterocycles. The van der Waals surface area contributed by atoms with Crippen molar-refractivity contribution in [3.05, 3.63) is 59.4 Å². The van der Waals surface area contributed by atoms with Crippen molar-refractivity contribution >= 4 is 5.69 Å². The molecule has 0 spiro atoms. The molecule has 4 heteroatoms. The van der Waals surface area contributed by atoms with E-state index < -0.39 is 0 Å². The van der Waals surface area contributed by atoms with E-state index in [4.69, 9.17) is 10.00 Å². The fraction of sp³-hybridized carbons (Fsp3) is 0.133. The van der Waals surface area contributed by atoms with Crippen LogP contribution in [-0.2, 0) is 6.54 Å². The highest BCUT2D eigenvalue weighted by Gasteiger charge is 2.05. The SMILES string of the molecule is COc1ccc(C#N)c(NCc2ccccc2F)c1. The molecule has 2 rings (SSSR count). The van der Waals surface area contributed by atoms with Crippen molar-refractivity contribution in [2.24, 2.45) is 0 Å². The number of ether oxygens (including phenoxy) is 1. The lowest BCUT2D eigenvalue weighted by Gasteiger charge is -2.10. The predicted octanol–water partition coefficient (Wildman–Crippen LogP) is 3.32. The Labute approximate surface area is 111 Å². The van der Waals surface area contributed by atoms with Crippen molar-refractivity contribution < 1.29 is 9.13 Å². The number of benzene rings is 2. The normalized spacial score (nSPS) is 9.74. The van der Waals surface area contributed by atoms with Crippen molar-refractivity contribution in [3.8, 4) is 11.8 Å². The molecule has 2 aromatic rings. The predicted molar refractivity (Wildman–Crippen MR) is 71.4 cm³/mol. The van der Waals surface area contributed by atoms with Gasteiger partial charge in [-0.2, -0.15) is 5.26 Å². The minimum atomic E-state index is -0.267. The Morgan fingerprint density at radius 1 is 1.26 bits per heavy atom. The summed E-state index contributed by atoms with van der Waals surface area (Å²) in [6.45, 7) is 0.314. The molecule has 19 heavy (non-hydrogen) atoms. The first-order valence-corrected chi connectivity index (χ1v) is 5.80. The number of nitriles is 1. The van der Waals surface area contributed by atoms with Gasteiger partial charge in [0.15, 0.2) is 0 Å². The van der Waals surface area contributed by atoms with Crippen LogP contribution in [0.5, 0.6) is 5.75 Å². The summed E-state index contributed by atoms with van der Waals surface area (Å²) in [5.41, 5.74) is 1.68. The van der Waals surface area contributed by atoms with Crippen LogP contribution >= 0.6 is 0 Å². The number of hydrogen-bond donors (Lipinski definition) is 1. The highest BCUT2D eigenvalue weighted by Crippen LogP contribution is 2.22. The van der Waals surface area contributed by atoms with Crippen molar-refractivity contribution in [2.45, 2.75) is 6.54 Å². The smallest absolute Gasteiger partial charge is 0.128 e. The summed E-state index contributed by atoms with van der Waals surface area (Å²) in [7, 11) is 1.56. The molecule has 0 aliphatic carbocycles. The van der Waals surface area contributed by atoms with Crippen molar-refractivity contribution in [3.63, 3.8) is 0 Å². The molecule has 0 heterocycles. The molecule has 1 N–H and O–H groups in total. The standard InChI is InChI=1S/C15H13FN2O/c1-19-13-7-6-11(9-17)15(8-13)18-10-12-4-2-3-5-14(12)16/h2-8,18H,10H2,1H3. The Balaban J connectivity index is 2.19. The van der Waals surface area contributed by atoms with Crippen LogP contribution in [0.2, 0.25) is 0 Å². The van der Waals surface area contributed by atoms with Crippen LogP contribution in [-0.4, -0.2) is 7.11 Å². The van der Waals surface area contributed by atoms with Gasteiger partial charge < -0.3 is 10.1 Å². The maximum absolute atomic E-state index is 13.5. The van der Waals surface area contributed by atoms with Crippen LogP contribution in [0.15, 0.2) is 42.5 Å². The van der Waals surface area contributed by atoms with Gasteiger partial charge >= 0.3 is 0 Å². The van der Waals surface area contributed by atoms with Gasteiger partial charge in [0.05, 0.1) is 18.4 Å². The van der Waals surface area contributed by atoms with Gasteiger partial charge in [-0.05, 0) is 18.2 Å². The van der Waals surface area contributed by atoms with E-state index in [0.29, 0.717) is 29.1 Å². The lowest BCUT2D eigenvalue weighted by atomic mass is 10.1. The topological polar surface area (TPSA) is 45.0 Å². The van der Waals surface area contributed by atoms with Crippen molar-refractivity contribution in [1.82, 2.24) is 0 Å². The maximum Gasteiger partial charge on any atom is 0.128 e. The molecule has 0 amide bonds. The van der Waals surface area contributed by atoms with Gasteiger partial charge in [0, 0.05) is 18.2 Å². The van der Waals surface area contributed by atoms with Crippen LogP contribution in [0.25, 0.3) is 0 Å². The second-order valence-electron chi connectivity index (χ2n) is 3.97. The lowest BCUT2D eigenvalue weighted by molar-refractivity contribution is 0.415. The zero-order chi connectivity index (χ0) is 13.7. The van der Waals surface area contributed by atoms with E-state index in [9.17, 15) is 4.39 Å². The average molecular weight is 256 g/mol. The molecule has 0 saturated carbocycles. The maximum atomic E-state index is 13.5. The molecule has 0 radical (unpaired) electrons. The van der Waals surface area contributed by atoms with Gasteiger partial charge in [-0.25, -0.2) is 4.39 Å². The van der Waals surface area contributed by atoms with Crippen LogP contribution in [0.3, 0.4) is 0 Å². The van der Waals surface area contributed by atoms with Crippen LogP contribution in [0.4, 0.5) is 10.1 Å². The first-order valence-electron chi connectivity index (χ1n) is 5.80. The van der Waals surface area contributed by atoms with E-state index in [0.717, 1.165) is 0 Å². The Morgan fingerprint density at radius 2 is 2.05 bits per heavy atom. The fourth-order valence-corrected chi connectivity index (χ4v) is 1.73. The molecule has 3 nitrogen and oxygen atoms in total. The summed E-state index contributed by atoms with van der Waals surface area (Å²) < 4.78 is 18.6. The number of methoxy groups -OCH3 is 1. The largest absolute Gasteiger partial charge is 0.497 e. The quantitative estimate of drug-likeness (QED) is 0.912. The van der Waals surface area contributed by atoms with Crippen molar-refractivity contribution in [2.75, 3.05) is 12.4 Å². The molecule has 0 unspecified atom stereocenters. The number of halogens is 1. The van der Waals surface area contributed by atoms with E-state index in [1.54, 1.807) is 43.5 Å². The zero-order valence-corrected chi connectivity index (χ0v) is 10.5. The molecule has 0 aliphatic rings. The molecule has 0 fully saturated rings. The minimum absolute atomic E-state index is 0.267. The third-order valence-corrected chi connectivity index (χ3v) is 2.77. The highest BCUT2D eigenvalue weighted by molar-refractivity contribution is 5.60. The third kappa shape index (κ3) is 3.02. The second kappa shape index (κ2) is 5.87. The summed E-state index contributed by atoms with van der Waals surface area (Å²) >= 11 is 0. The summed E-state index contributed by atoms with van der Waals surface area (Å²) in [6.07, 6.45) is 0. The van der Waals surface area contributed by atoms with Crippen molar-refractivity contribution in [1.29, 1.82) is 5.26 Å². The van der Waals surface area contributed by atoms with E-state index in [1.807, 2.05) is 0 Å². The number of anilines is 1. The molecule has 0 aromatic heterocycles. The van der Waals surface area contributed by atoms with Gasteiger partial charge in [-0.15, -0.1) is 0 Å². The minimum Gasteiger partial charge on any atom is -0.497 e. The van der Waals surface area contributed by atoms with E-state index in [-0.39, 0.29) is 5.82 Å². The highest BCUT2D eigenvalue weighted by atomic mass is 19.1. The third-order valence-electron chi connectivity index (χ3n) is 2.77. The van der Waals surface area contributed by atoms with Crippen LogP contribution in [0.1, 0.15) is 11.1 Å². The van der Waals surface area contributed by atoms with Gasteiger partial charge in [0.2, 0.25) is 0 Å². The summed E-state index contributed by atoms with van der Waals surface area (Å²) in [4.78, 5) is 0. The first-order chi connectivity index (χ1) is 9.24. The van der Waals surface area contributed by atoms with Gasteiger partial charge in [0.1, 0.15) is 17.6 Å². The number of hydrogen-bond acceptors (Lipinski definition) is 3. The molecule has 0 bridgehead atoms. The first kappa shape index (κ1) is 12.9. The molecule has 0 saturated heterocycles. The van der Waals surface area contributed by atoms with Crippen LogP contribution < -0.4 is 10.1 Å². The summed E-state index contributed by atoms with van der Waals surface area (Å²) in [5, 5.41) is 12.1. The Morgan fingerprint density at radius 3 is 2.74 bits per heavy atom. The Bertz CT molecular complexity index is 620. The zero-order valence-electron chi connectivity index (χ0n) is 10.5. The van der Waals surface area contributed by atoms with Crippen LogP contribution in [0, 0.1) is 17.1 Å².